The Morgan fingerprint density at radius 3 is 2.95 bits per heavy atom. The van der Waals surface area contributed by atoms with Gasteiger partial charge < -0.3 is 10.4 Å². The van der Waals surface area contributed by atoms with E-state index in [1.54, 1.807) is 0 Å². The Morgan fingerprint density at radius 2 is 2.21 bits per heavy atom. The zero-order chi connectivity index (χ0) is 13.3. The molecule has 0 saturated carbocycles. The van der Waals surface area contributed by atoms with Crippen LogP contribution in [0.4, 0.5) is 0 Å². The third-order valence-electron chi connectivity index (χ3n) is 4.38. The molecule has 0 spiro atoms. The number of aliphatic carboxylic acids is 1. The molecule has 0 amide bonds. The first-order valence-electron chi connectivity index (χ1n) is 6.91. The molecule has 2 heterocycles. The van der Waals surface area contributed by atoms with Crippen LogP contribution < -0.4 is 5.32 Å². The summed E-state index contributed by atoms with van der Waals surface area (Å²) in [6.07, 6.45) is 1.51. The zero-order valence-electron chi connectivity index (χ0n) is 11.0. The van der Waals surface area contributed by atoms with E-state index >= 15 is 0 Å². The van der Waals surface area contributed by atoms with Gasteiger partial charge in [0, 0.05) is 25.7 Å². The summed E-state index contributed by atoms with van der Waals surface area (Å²) < 4.78 is 0. The maximum Gasteiger partial charge on any atom is 0.311 e. The zero-order valence-corrected chi connectivity index (χ0v) is 11.0. The second-order valence-electron chi connectivity index (χ2n) is 5.85. The molecule has 4 nitrogen and oxygen atoms in total. The molecule has 2 fully saturated rings. The van der Waals surface area contributed by atoms with Crippen LogP contribution in [0.1, 0.15) is 18.4 Å². The molecule has 2 aliphatic rings. The number of hydrogen-bond acceptors (Lipinski definition) is 3. The Labute approximate surface area is 113 Å². The van der Waals surface area contributed by atoms with Crippen molar-refractivity contribution >= 4 is 5.97 Å². The van der Waals surface area contributed by atoms with E-state index in [1.807, 2.05) is 18.2 Å². The number of carbonyl (C=O) groups is 1. The molecule has 2 aliphatic heterocycles. The minimum absolute atomic E-state index is 0.322. The Balaban J connectivity index is 1.75. The molecule has 0 radical (unpaired) electrons. The molecule has 2 saturated heterocycles. The Hall–Kier alpha value is -1.39. The van der Waals surface area contributed by atoms with Gasteiger partial charge in [-0.15, -0.1) is 0 Å². The molecule has 2 bridgehead atoms. The van der Waals surface area contributed by atoms with Crippen LogP contribution in [-0.2, 0) is 11.3 Å². The molecule has 102 valence electrons. The highest BCUT2D eigenvalue weighted by Crippen LogP contribution is 2.37. The number of nitrogens with zero attached hydrogens (tertiary/aromatic N) is 1. The van der Waals surface area contributed by atoms with Crippen LogP contribution in [0.3, 0.4) is 0 Å². The van der Waals surface area contributed by atoms with E-state index in [1.165, 1.54) is 5.56 Å². The van der Waals surface area contributed by atoms with Gasteiger partial charge in [0.2, 0.25) is 0 Å². The minimum atomic E-state index is -0.628. The number of carboxylic acids is 1. The molecular weight excluding hydrogens is 240 g/mol. The molecule has 1 aromatic carbocycles. The molecular formula is C15H20N2O2. The van der Waals surface area contributed by atoms with E-state index in [2.05, 4.69) is 22.3 Å². The van der Waals surface area contributed by atoms with Crippen LogP contribution in [0.2, 0.25) is 0 Å². The van der Waals surface area contributed by atoms with Crippen LogP contribution in [0, 0.1) is 5.41 Å². The van der Waals surface area contributed by atoms with Gasteiger partial charge in [-0.05, 0) is 24.9 Å². The fourth-order valence-corrected chi connectivity index (χ4v) is 3.46. The quantitative estimate of drug-likeness (QED) is 0.861. The van der Waals surface area contributed by atoms with Crippen molar-refractivity contribution in [1.82, 2.24) is 10.2 Å². The van der Waals surface area contributed by atoms with Crippen molar-refractivity contribution in [3.63, 3.8) is 0 Å². The summed E-state index contributed by atoms with van der Waals surface area (Å²) in [5.74, 6) is -0.628. The van der Waals surface area contributed by atoms with Gasteiger partial charge in [0.15, 0.2) is 0 Å². The molecule has 3 rings (SSSR count). The summed E-state index contributed by atoms with van der Waals surface area (Å²) in [7, 11) is 0. The fraction of sp³-hybridized carbons (Fsp3) is 0.533. The lowest BCUT2D eigenvalue weighted by atomic mass is 9.73. The molecule has 2 atom stereocenters. The van der Waals surface area contributed by atoms with Crippen molar-refractivity contribution in [3.8, 4) is 0 Å². The topological polar surface area (TPSA) is 52.6 Å². The molecule has 2 N–H and O–H groups in total. The highest BCUT2D eigenvalue weighted by molar-refractivity contribution is 5.75. The normalized spacial score (nSPS) is 31.1. The van der Waals surface area contributed by atoms with Crippen LogP contribution >= 0.6 is 0 Å². The van der Waals surface area contributed by atoms with E-state index in [-0.39, 0.29) is 0 Å². The second-order valence-corrected chi connectivity index (χ2v) is 5.85. The maximum atomic E-state index is 11.6. The minimum Gasteiger partial charge on any atom is -0.481 e. The molecule has 0 aliphatic carbocycles. The first kappa shape index (κ1) is 12.6. The van der Waals surface area contributed by atoms with Gasteiger partial charge in [0.05, 0.1) is 5.41 Å². The smallest absolute Gasteiger partial charge is 0.311 e. The number of hydrogen-bond donors (Lipinski definition) is 2. The fourth-order valence-electron chi connectivity index (χ4n) is 3.46. The van der Waals surface area contributed by atoms with E-state index in [0.29, 0.717) is 12.6 Å². The standard InChI is InChI=1S/C15H20N2O2/c18-14(19)15-6-7-16-13(8-15)10-17(11-15)9-12-4-2-1-3-5-12/h1-5,13,16H,6-11H2,(H,18,19)/t13-,15-/m1/s1. The highest BCUT2D eigenvalue weighted by atomic mass is 16.4. The Kier molecular flexibility index (Phi) is 3.29. The third-order valence-corrected chi connectivity index (χ3v) is 4.38. The number of rotatable bonds is 3. The van der Waals surface area contributed by atoms with Crippen LogP contribution in [-0.4, -0.2) is 41.7 Å². The molecule has 0 aromatic heterocycles. The van der Waals surface area contributed by atoms with Crippen molar-refractivity contribution in [1.29, 1.82) is 0 Å². The summed E-state index contributed by atoms with van der Waals surface area (Å²) in [6.45, 7) is 3.30. The van der Waals surface area contributed by atoms with Crippen molar-refractivity contribution in [2.24, 2.45) is 5.41 Å². The van der Waals surface area contributed by atoms with Gasteiger partial charge in [0.1, 0.15) is 0 Å². The Morgan fingerprint density at radius 1 is 1.42 bits per heavy atom. The average Bonchev–Trinajstić information content (AvgIpc) is 2.39. The summed E-state index contributed by atoms with van der Waals surface area (Å²) in [4.78, 5) is 13.9. The van der Waals surface area contributed by atoms with Crippen LogP contribution in [0.15, 0.2) is 30.3 Å². The van der Waals surface area contributed by atoms with Gasteiger partial charge >= 0.3 is 5.97 Å². The molecule has 4 heteroatoms. The average molecular weight is 260 g/mol. The molecule has 19 heavy (non-hydrogen) atoms. The third kappa shape index (κ3) is 2.51. The first-order chi connectivity index (χ1) is 9.18. The SMILES string of the molecule is O=C(O)[C@@]12CCN[C@@H](CN(Cc3ccccc3)C1)C2. The van der Waals surface area contributed by atoms with Crippen molar-refractivity contribution in [2.45, 2.75) is 25.4 Å². The van der Waals surface area contributed by atoms with E-state index in [9.17, 15) is 9.90 Å². The number of benzene rings is 1. The molecule has 0 unspecified atom stereocenters. The predicted octanol–water partition coefficient (Wildman–Crippen LogP) is 1.33. The molecule has 1 aromatic rings. The number of fused-ring (bicyclic) bond motifs is 2. The van der Waals surface area contributed by atoms with Gasteiger partial charge in [-0.3, -0.25) is 9.69 Å². The van der Waals surface area contributed by atoms with Crippen molar-refractivity contribution in [2.75, 3.05) is 19.6 Å². The second kappa shape index (κ2) is 4.94. The highest BCUT2D eigenvalue weighted by Gasteiger charge is 2.47. The summed E-state index contributed by atoms with van der Waals surface area (Å²) in [6, 6.07) is 10.6. The van der Waals surface area contributed by atoms with E-state index in [0.717, 1.165) is 32.5 Å². The van der Waals surface area contributed by atoms with Crippen LogP contribution in [0.25, 0.3) is 0 Å². The van der Waals surface area contributed by atoms with Crippen LogP contribution in [0.5, 0.6) is 0 Å². The van der Waals surface area contributed by atoms with Gasteiger partial charge in [-0.2, -0.15) is 0 Å². The van der Waals surface area contributed by atoms with Crippen molar-refractivity contribution < 1.29 is 9.90 Å². The van der Waals surface area contributed by atoms with Gasteiger partial charge in [-0.1, -0.05) is 30.3 Å². The maximum absolute atomic E-state index is 11.6. The van der Waals surface area contributed by atoms with Gasteiger partial charge in [-0.25, -0.2) is 0 Å². The lowest BCUT2D eigenvalue weighted by Crippen LogP contribution is -2.60. The summed E-state index contributed by atoms with van der Waals surface area (Å²) >= 11 is 0. The Bertz CT molecular complexity index is 462. The monoisotopic (exact) mass is 260 g/mol. The number of carboxylic acid groups (broad SMARTS) is 1. The van der Waals surface area contributed by atoms with Gasteiger partial charge in [0.25, 0.3) is 0 Å². The largest absolute Gasteiger partial charge is 0.481 e. The number of likely N-dealkylation sites (tertiary alicyclic amines) is 1. The lowest BCUT2D eigenvalue weighted by molar-refractivity contribution is -0.156. The van der Waals surface area contributed by atoms with E-state index < -0.39 is 11.4 Å². The summed E-state index contributed by atoms with van der Waals surface area (Å²) in [5.41, 5.74) is 0.714. The van der Waals surface area contributed by atoms with E-state index in [4.69, 9.17) is 0 Å². The van der Waals surface area contributed by atoms with Crippen molar-refractivity contribution in [3.05, 3.63) is 35.9 Å². The predicted molar refractivity (Wildman–Crippen MR) is 72.8 cm³/mol. The summed E-state index contributed by atoms with van der Waals surface area (Å²) in [5, 5.41) is 13.0. The lowest BCUT2D eigenvalue weighted by Gasteiger charge is -2.47. The number of nitrogens with one attached hydrogen (secondary N) is 1. The number of piperidine rings is 2. The first-order valence-corrected chi connectivity index (χ1v) is 6.91.